The highest BCUT2D eigenvalue weighted by atomic mass is 16.3. The molecule has 4 rings (SSSR count). The molecule has 0 radical (unpaired) electrons. The van der Waals surface area contributed by atoms with Crippen molar-refractivity contribution in [1.29, 1.82) is 0 Å². The van der Waals surface area contributed by atoms with Gasteiger partial charge in [-0.05, 0) is 41.3 Å². The van der Waals surface area contributed by atoms with Gasteiger partial charge in [-0.25, -0.2) is 4.98 Å². The lowest BCUT2D eigenvalue weighted by Crippen LogP contribution is -2.27. The van der Waals surface area contributed by atoms with Crippen molar-refractivity contribution in [2.45, 2.75) is 26.9 Å². The first-order valence-corrected chi connectivity index (χ1v) is 10.6. The number of oxazole rings is 1. The lowest BCUT2D eigenvalue weighted by molar-refractivity contribution is 0.0949. The first kappa shape index (κ1) is 20.8. The average Bonchev–Trinajstić information content (AvgIpc) is 3.23. The van der Waals surface area contributed by atoms with E-state index >= 15 is 0 Å². The third-order valence-corrected chi connectivity index (χ3v) is 5.03. The van der Waals surface area contributed by atoms with Crippen LogP contribution in [-0.4, -0.2) is 17.4 Å². The minimum atomic E-state index is -0.137. The smallest absolute Gasteiger partial charge is 0.255 e. The van der Waals surface area contributed by atoms with Crippen LogP contribution in [0.15, 0.2) is 77.2 Å². The lowest BCUT2D eigenvalue weighted by atomic mass is 10.1. The Balaban J connectivity index is 1.46. The highest BCUT2D eigenvalue weighted by Gasteiger charge is 2.16. The molecule has 4 aromatic rings. The number of nitrogens with zero attached hydrogens (tertiary/aromatic N) is 1. The molecule has 0 aliphatic rings. The number of rotatable bonds is 8. The van der Waals surface area contributed by atoms with Crippen LogP contribution in [0.1, 0.15) is 35.3 Å². The minimum absolute atomic E-state index is 0.137. The predicted molar refractivity (Wildman–Crippen MR) is 124 cm³/mol. The third kappa shape index (κ3) is 5.19. The summed E-state index contributed by atoms with van der Waals surface area (Å²) in [5.41, 5.74) is 5.05. The van der Waals surface area contributed by atoms with Crippen LogP contribution in [0.2, 0.25) is 0 Å². The largest absolute Gasteiger partial charge is 0.435 e. The van der Waals surface area contributed by atoms with Gasteiger partial charge >= 0.3 is 0 Å². The van der Waals surface area contributed by atoms with Crippen LogP contribution >= 0.6 is 0 Å². The molecular weight excluding hydrogens is 386 g/mol. The van der Waals surface area contributed by atoms with Crippen LogP contribution in [0.4, 0.5) is 0 Å². The number of nitrogens with one attached hydrogen (secondary N) is 2. The Morgan fingerprint density at radius 2 is 1.61 bits per heavy atom. The molecule has 0 aliphatic heterocycles. The summed E-state index contributed by atoms with van der Waals surface area (Å²) in [4.78, 5) is 17.1. The summed E-state index contributed by atoms with van der Waals surface area (Å²) in [6.07, 6.45) is 0. The molecule has 0 saturated heterocycles. The molecule has 0 spiro atoms. The van der Waals surface area contributed by atoms with Gasteiger partial charge in [0.25, 0.3) is 5.91 Å². The lowest BCUT2D eigenvalue weighted by Gasteiger charge is -2.07. The molecule has 0 atom stereocenters. The van der Waals surface area contributed by atoms with Gasteiger partial charge in [0.05, 0.1) is 5.56 Å². The fourth-order valence-electron chi connectivity index (χ4n) is 3.36. The second-order valence-corrected chi connectivity index (χ2v) is 8.06. The Morgan fingerprint density at radius 3 is 2.32 bits per heavy atom. The van der Waals surface area contributed by atoms with E-state index in [0.717, 1.165) is 18.7 Å². The number of para-hydroxylation sites is 1. The van der Waals surface area contributed by atoms with E-state index in [-0.39, 0.29) is 5.91 Å². The van der Waals surface area contributed by atoms with Crippen molar-refractivity contribution in [3.63, 3.8) is 0 Å². The summed E-state index contributed by atoms with van der Waals surface area (Å²) in [5.74, 6) is 0.763. The SMILES string of the molecule is CC(C)CNC(=O)c1cccc2nc(-c3ccc(CNCc4ccccc4)cc3)oc12. The van der Waals surface area contributed by atoms with Crippen LogP contribution < -0.4 is 10.6 Å². The molecule has 1 aromatic heterocycles. The molecule has 1 heterocycles. The van der Waals surface area contributed by atoms with E-state index in [1.807, 2.05) is 42.5 Å². The Hall–Kier alpha value is -3.44. The molecule has 158 valence electrons. The van der Waals surface area contributed by atoms with E-state index in [1.165, 1.54) is 11.1 Å². The van der Waals surface area contributed by atoms with E-state index in [1.54, 1.807) is 6.07 Å². The van der Waals surface area contributed by atoms with E-state index in [9.17, 15) is 4.79 Å². The topological polar surface area (TPSA) is 67.2 Å². The van der Waals surface area contributed by atoms with E-state index in [0.29, 0.717) is 35.0 Å². The van der Waals surface area contributed by atoms with Gasteiger partial charge in [0.15, 0.2) is 5.58 Å². The minimum Gasteiger partial charge on any atom is -0.435 e. The van der Waals surface area contributed by atoms with Crippen molar-refractivity contribution < 1.29 is 9.21 Å². The molecule has 0 unspecified atom stereocenters. The van der Waals surface area contributed by atoms with Gasteiger partial charge in [-0.1, -0.05) is 62.4 Å². The third-order valence-electron chi connectivity index (χ3n) is 5.03. The summed E-state index contributed by atoms with van der Waals surface area (Å²) in [6, 6.07) is 24.0. The van der Waals surface area contributed by atoms with E-state index < -0.39 is 0 Å². The standard InChI is InChI=1S/C26H27N3O2/c1-18(2)15-28-25(30)22-9-6-10-23-24(22)31-26(29-23)21-13-11-20(12-14-21)17-27-16-19-7-4-3-5-8-19/h3-14,18,27H,15-17H2,1-2H3,(H,28,30). The number of aromatic nitrogens is 1. The summed E-state index contributed by atoms with van der Waals surface area (Å²) in [6.45, 7) is 6.36. The second kappa shape index (κ2) is 9.58. The maximum absolute atomic E-state index is 12.6. The van der Waals surface area contributed by atoms with Crippen LogP contribution in [0.25, 0.3) is 22.6 Å². The number of amides is 1. The van der Waals surface area contributed by atoms with Gasteiger partial charge in [-0.3, -0.25) is 4.79 Å². The van der Waals surface area contributed by atoms with Gasteiger partial charge < -0.3 is 15.1 Å². The summed E-state index contributed by atoms with van der Waals surface area (Å²) >= 11 is 0. The van der Waals surface area contributed by atoms with Gasteiger partial charge in [0, 0.05) is 25.2 Å². The fourth-order valence-corrected chi connectivity index (χ4v) is 3.36. The molecule has 0 saturated carbocycles. The maximum atomic E-state index is 12.6. The van der Waals surface area contributed by atoms with Gasteiger partial charge in [-0.2, -0.15) is 0 Å². The van der Waals surface area contributed by atoms with Gasteiger partial charge in [-0.15, -0.1) is 0 Å². The molecule has 0 aliphatic carbocycles. The summed E-state index contributed by atoms with van der Waals surface area (Å²) in [7, 11) is 0. The zero-order valence-corrected chi connectivity index (χ0v) is 17.9. The van der Waals surface area contributed by atoms with Crippen LogP contribution in [0.5, 0.6) is 0 Å². The first-order chi connectivity index (χ1) is 15.1. The molecule has 5 nitrogen and oxygen atoms in total. The van der Waals surface area contributed by atoms with Crippen molar-refractivity contribution in [3.8, 4) is 11.5 Å². The molecule has 31 heavy (non-hydrogen) atoms. The first-order valence-electron chi connectivity index (χ1n) is 10.6. The number of fused-ring (bicyclic) bond motifs is 1. The predicted octanol–water partition coefficient (Wildman–Crippen LogP) is 5.17. The summed E-state index contributed by atoms with van der Waals surface area (Å²) in [5, 5.41) is 6.40. The van der Waals surface area contributed by atoms with Crippen LogP contribution in [0.3, 0.4) is 0 Å². The number of carbonyl (C=O) groups excluding carboxylic acids is 1. The maximum Gasteiger partial charge on any atom is 0.255 e. The van der Waals surface area contributed by atoms with Crippen molar-refractivity contribution in [3.05, 3.63) is 89.5 Å². The number of carbonyl (C=O) groups is 1. The zero-order chi connectivity index (χ0) is 21.6. The van der Waals surface area contributed by atoms with Crippen molar-refractivity contribution >= 4 is 17.0 Å². The van der Waals surface area contributed by atoms with Crippen molar-refractivity contribution in [1.82, 2.24) is 15.6 Å². The van der Waals surface area contributed by atoms with Gasteiger partial charge in [0.2, 0.25) is 5.89 Å². The Labute approximate surface area is 182 Å². The molecule has 1 amide bonds. The Kier molecular flexibility index (Phi) is 6.43. The number of hydrogen-bond donors (Lipinski definition) is 2. The molecule has 2 N–H and O–H groups in total. The Morgan fingerprint density at radius 1 is 0.903 bits per heavy atom. The highest BCUT2D eigenvalue weighted by Crippen LogP contribution is 2.27. The highest BCUT2D eigenvalue weighted by molar-refractivity contribution is 6.04. The monoisotopic (exact) mass is 413 g/mol. The number of benzene rings is 3. The second-order valence-electron chi connectivity index (χ2n) is 8.06. The molecule has 3 aromatic carbocycles. The zero-order valence-electron chi connectivity index (χ0n) is 17.9. The van der Waals surface area contributed by atoms with E-state index in [2.05, 4.69) is 53.7 Å². The quantitative estimate of drug-likeness (QED) is 0.418. The van der Waals surface area contributed by atoms with Crippen molar-refractivity contribution in [2.75, 3.05) is 6.54 Å². The normalized spacial score (nSPS) is 11.2. The van der Waals surface area contributed by atoms with Gasteiger partial charge in [0.1, 0.15) is 5.52 Å². The van der Waals surface area contributed by atoms with Crippen LogP contribution in [-0.2, 0) is 13.1 Å². The average molecular weight is 414 g/mol. The number of hydrogen-bond acceptors (Lipinski definition) is 4. The molecular formula is C26H27N3O2. The summed E-state index contributed by atoms with van der Waals surface area (Å²) < 4.78 is 6.00. The molecule has 0 fully saturated rings. The van der Waals surface area contributed by atoms with E-state index in [4.69, 9.17) is 4.42 Å². The fraction of sp³-hybridized carbons (Fsp3) is 0.231. The van der Waals surface area contributed by atoms with Crippen molar-refractivity contribution in [2.24, 2.45) is 5.92 Å². The van der Waals surface area contributed by atoms with Crippen LogP contribution in [0, 0.1) is 5.92 Å². The molecule has 5 heteroatoms. The Bertz CT molecular complexity index is 1150. The molecule has 0 bridgehead atoms.